The Morgan fingerprint density at radius 3 is 2.85 bits per heavy atom. The second-order valence-electron chi connectivity index (χ2n) is 4.62. The van der Waals surface area contributed by atoms with Crippen molar-refractivity contribution in [1.29, 1.82) is 0 Å². The van der Waals surface area contributed by atoms with E-state index < -0.39 is 0 Å². The monoisotopic (exact) mass is 327 g/mol. The molecule has 0 bridgehead atoms. The summed E-state index contributed by atoms with van der Waals surface area (Å²) >= 11 is 13.4. The smallest absolute Gasteiger partial charge is 0.257 e. The van der Waals surface area contributed by atoms with Gasteiger partial charge in [0, 0.05) is 10.9 Å². The Labute approximate surface area is 130 Å². The summed E-state index contributed by atoms with van der Waals surface area (Å²) in [6, 6.07) is 5.76. The van der Waals surface area contributed by atoms with E-state index in [2.05, 4.69) is 10.2 Å². The first-order valence-electron chi connectivity index (χ1n) is 6.17. The molecular formula is C13H11Cl2N3OS. The van der Waals surface area contributed by atoms with Crippen LogP contribution in [0.15, 0.2) is 23.6 Å². The van der Waals surface area contributed by atoms with Gasteiger partial charge in [-0.05, 0) is 30.4 Å². The highest BCUT2D eigenvalue weighted by atomic mass is 35.5. The minimum Gasteiger partial charge on any atom is -0.330 e. The summed E-state index contributed by atoms with van der Waals surface area (Å²) in [5.74, 6) is -0.136. The Kier molecular flexibility index (Phi) is 3.92. The van der Waals surface area contributed by atoms with E-state index in [0.29, 0.717) is 12.1 Å². The number of amides is 1. The van der Waals surface area contributed by atoms with Crippen molar-refractivity contribution in [1.82, 2.24) is 15.1 Å². The van der Waals surface area contributed by atoms with Gasteiger partial charge in [-0.25, -0.2) is 0 Å². The molecule has 1 saturated carbocycles. The third kappa shape index (κ3) is 2.95. The van der Waals surface area contributed by atoms with Crippen molar-refractivity contribution in [3.05, 3.63) is 44.3 Å². The van der Waals surface area contributed by atoms with Gasteiger partial charge >= 0.3 is 0 Å². The van der Waals surface area contributed by atoms with Crippen molar-refractivity contribution in [2.75, 3.05) is 0 Å². The lowest BCUT2D eigenvalue weighted by atomic mass is 10.2. The molecule has 2 aromatic rings. The zero-order valence-corrected chi connectivity index (χ0v) is 12.8. The van der Waals surface area contributed by atoms with E-state index in [1.54, 1.807) is 11.3 Å². The van der Waals surface area contributed by atoms with Crippen molar-refractivity contribution in [3.8, 4) is 0 Å². The van der Waals surface area contributed by atoms with Crippen LogP contribution in [-0.4, -0.2) is 27.0 Å². The van der Waals surface area contributed by atoms with Crippen LogP contribution < -0.4 is 0 Å². The fourth-order valence-electron chi connectivity index (χ4n) is 1.98. The van der Waals surface area contributed by atoms with Gasteiger partial charge in [-0.15, -0.1) is 21.5 Å². The maximum atomic E-state index is 12.6. The molecule has 3 rings (SSSR count). The Morgan fingerprint density at radius 1 is 1.40 bits per heavy atom. The summed E-state index contributed by atoms with van der Waals surface area (Å²) in [6.45, 7) is 0.595. The molecule has 0 spiro atoms. The van der Waals surface area contributed by atoms with Crippen LogP contribution in [-0.2, 0) is 6.54 Å². The highest BCUT2D eigenvalue weighted by Gasteiger charge is 2.34. The second-order valence-corrected chi connectivity index (χ2v) is 6.39. The number of nitrogens with zero attached hydrogens (tertiary/aromatic N) is 3. The van der Waals surface area contributed by atoms with Crippen LogP contribution >= 0.6 is 34.5 Å². The predicted octanol–water partition coefficient (Wildman–Crippen LogP) is 3.65. The number of hydrogen-bond donors (Lipinski definition) is 0. The average molecular weight is 328 g/mol. The molecule has 1 amide bonds. The van der Waals surface area contributed by atoms with Gasteiger partial charge in [0.1, 0.15) is 0 Å². The Morgan fingerprint density at radius 2 is 2.20 bits per heavy atom. The largest absolute Gasteiger partial charge is 0.330 e. The number of carbonyl (C=O) groups is 1. The van der Waals surface area contributed by atoms with Crippen molar-refractivity contribution >= 4 is 40.4 Å². The Hall–Kier alpha value is -1.17. The molecular weight excluding hydrogens is 317 g/mol. The molecule has 4 nitrogen and oxygen atoms in total. The highest BCUT2D eigenvalue weighted by molar-refractivity contribution is 7.09. The summed E-state index contributed by atoms with van der Waals surface area (Å²) < 4.78 is 0. The maximum absolute atomic E-state index is 12.6. The molecule has 0 unspecified atom stereocenters. The zero-order valence-electron chi connectivity index (χ0n) is 10.4. The fraction of sp³-hybridized carbons (Fsp3) is 0.308. The van der Waals surface area contributed by atoms with Crippen LogP contribution in [0, 0.1) is 0 Å². The topological polar surface area (TPSA) is 46.1 Å². The quantitative estimate of drug-likeness (QED) is 0.861. The van der Waals surface area contributed by atoms with E-state index in [1.807, 2.05) is 22.4 Å². The lowest BCUT2D eigenvalue weighted by molar-refractivity contribution is 0.0731. The SMILES string of the molecule is O=C(c1cc(Cl)nnc1Cl)N(Cc1cccs1)C1CC1. The molecule has 20 heavy (non-hydrogen) atoms. The number of aromatic nitrogens is 2. The van der Waals surface area contributed by atoms with Crippen molar-refractivity contribution in [3.63, 3.8) is 0 Å². The highest BCUT2D eigenvalue weighted by Crippen LogP contribution is 2.31. The third-order valence-corrected chi connectivity index (χ3v) is 4.43. The molecule has 0 radical (unpaired) electrons. The summed E-state index contributed by atoms with van der Waals surface area (Å²) in [7, 11) is 0. The first kappa shape index (κ1) is 13.8. The molecule has 7 heteroatoms. The molecule has 2 aromatic heterocycles. The minimum absolute atomic E-state index is 0.0937. The molecule has 1 aliphatic rings. The van der Waals surface area contributed by atoms with Crippen molar-refractivity contribution in [2.24, 2.45) is 0 Å². The molecule has 0 aromatic carbocycles. The lowest BCUT2D eigenvalue weighted by Crippen LogP contribution is -2.32. The third-order valence-electron chi connectivity index (χ3n) is 3.10. The number of hydrogen-bond acceptors (Lipinski definition) is 4. The maximum Gasteiger partial charge on any atom is 0.257 e. The Balaban J connectivity index is 1.87. The van der Waals surface area contributed by atoms with E-state index in [4.69, 9.17) is 23.2 Å². The van der Waals surface area contributed by atoms with Crippen LogP contribution in [0.25, 0.3) is 0 Å². The van der Waals surface area contributed by atoms with E-state index in [1.165, 1.54) is 6.07 Å². The van der Waals surface area contributed by atoms with Gasteiger partial charge in [0.05, 0.1) is 12.1 Å². The Bertz CT molecular complexity index is 629. The normalized spacial score (nSPS) is 14.3. The van der Waals surface area contributed by atoms with E-state index in [0.717, 1.165) is 17.7 Å². The summed E-state index contributed by atoms with van der Waals surface area (Å²) in [5, 5.41) is 9.60. The van der Waals surface area contributed by atoms with Crippen LogP contribution in [0.4, 0.5) is 0 Å². The van der Waals surface area contributed by atoms with Crippen LogP contribution in [0.1, 0.15) is 28.1 Å². The molecule has 2 heterocycles. The minimum atomic E-state index is -0.136. The van der Waals surface area contributed by atoms with E-state index >= 15 is 0 Å². The second kappa shape index (κ2) is 5.68. The number of halogens is 2. The standard InChI is InChI=1S/C13H11Cl2N3OS/c14-11-6-10(12(15)17-16-11)13(19)18(8-3-4-8)7-9-2-1-5-20-9/h1-2,5-6,8H,3-4,7H2. The predicted molar refractivity (Wildman–Crippen MR) is 79.3 cm³/mol. The van der Waals surface area contributed by atoms with Gasteiger partial charge in [-0.1, -0.05) is 29.3 Å². The lowest BCUT2D eigenvalue weighted by Gasteiger charge is -2.22. The van der Waals surface area contributed by atoms with Crippen LogP contribution in [0.3, 0.4) is 0 Å². The van der Waals surface area contributed by atoms with Gasteiger partial charge in [0.15, 0.2) is 10.3 Å². The molecule has 0 N–H and O–H groups in total. The molecule has 104 valence electrons. The van der Waals surface area contributed by atoms with Crippen molar-refractivity contribution < 1.29 is 4.79 Å². The van der Waals surface area contributed by atoms with Gasteiger partial charge in [0.25, 0.3) is 5.91 Å². The number of rotatable bonds is 4. The van der Waals surface area contributed by atoms with E-state index in [9.17, 15) is 4.79 Å². The molecule has 1 fully saturated rings. The fourth-order valence-corrected chi connectivity index (χ4v) is 3.00. The van der Waals surface area contributed by atoms with Crippen LogP contribution in [0.5, 0.6) is 0 Å². The zero-order chi connectivity index (χ0) is 14.1. The van der Waals surface area contributed by atoms with Gasteiger partial charge in [-0.3, -0.25) is 4.79 Å². The van der Waals surface area contributed by atoms with Crippen LogP contribution in [0.2, 0.25) is 10.3 Å². The summed E-state index contributed by atoms with van der Waals surface area (Å²) in [5.41, 5.74) is 0.315. The first-order chi connectivity index (χ1) is 9.65. The number of thiophene rings is 1. The van der Waals surface area contributed by atoms with Gasteiger partial charge < -0.3 is 4.90 Å². The number of carbonyl (C=O) groups excluding carboxylic acids is 1. The molecule has 0 aliphatic heterocycles. The van der Waals surface area contributed by atoms with Crippen molar-refractivity contribution in [2.45, 2.75) is 25.4 Å². The molecule has 0 saturated heterocycles. The van der Waals surface area contributed by atoms with Gasteiger partial charge in [-0.2, -0.15) is 0 Å². The summed E-state index contributed by atoms with van der Waals surface area (Å²) in [6.07, 6.45) is 2.06. The molecule has 0 atom stereocenters. The molecule has 1 aliphatic carbocycles. The average Bonchev–Trinajstić information content (AvgIpc) is 3.15. The summed E-state index contributed by atoms with van der Waals surface area (Å²) in [4.78, 5) is 15.6. The first-order valence-corrected chi connectivity index (χ1v) is 7.81. The van der Waals surface area contributed by atoms with E-state index in [-0.39, 0.29) is 22.3 Å². The van der Waals surface area contributed by atoms with Gasteiger partial charge in [0.2, 0.25) is 0 Å².